The number of methoxy groups -OCH3 is 1. The van der Waals surface area contributed by atoms with Crippen LogP contribution in [-0.4, -0.2) is 23.8 Å². The molecule has 1 aromatic heterocycles. The molecule has 0 saturated heterocycles. The lowest BCUT2D eigenvalue weighted by Gasteiger charge is -2.12. The van der Waals surface area contributed by atoms with Crippen molar-refractivity contribution < 1.29 is 4.74 Å². The van der Waals surface area contributed by atoms with Gasteiger partial charge in [-0.2, -0.15) is 0 Å². The quantitative estimate of drug-likeness (QED) is 0.832. The average molecular weight is 301 g/mol. The van der Waals surface area contributed by atoms with Gasteiger partial charge in [-0.1, -0.05) is 24.3 Å². The second-order valence-corrected chi connectivity index (χ2v) is 5.02. The summed E-state index contributed by atoms with van der Waals surface area (Å²) >= 11 is 5.28. The Morgan fingerprint density at radius 1 is 1.24 bits per heavy atom. The van der Waals surface area contributed by atoms with Gasteiger partial charge in [-0.15, -0.1) is 0 Å². The summed E-state index contributed by atoms with van der Waals surface area (Å²) in [6, 6.07) is 11.9. The highest BCUT2D eigenvalue weighted by atomic mass is 32.1. The number of aryl methyl sites for hydroxylation is 1. The van der Waals surface area contributed by atoms with E-state index < -0.39 is 0 Å². The Bertz CT molecular complexity index is 616. The van der Waals surface area contributed by atoms with Crippen LogP contribution < -0.4 is 15.4 Å². The molecular formula is C16H19N3OS. The molecule has 0 unspecified atom stereocenters. The van der Waals surface area contributed by atoms with Crippen LogP contribution in [0.25, 0.3) is 0 Å². The summed E-state index contributed by atoms with van der Waals surface area (Å²) in [7, 11) is 1.68. The molecule has 0 aliphatic rings. The average Bonchev–Trinajstić information content (AvgIpc) is 2.50. The number of hydrogen-bond acceptors (Lipinski definition) is 3. The highest BCUT2D eigenvalue weighted by Gasteiger charge is 2.03. The van der Waals surface area contributed by atoms with Gasteiger partial charge in [0.15, 0.2) is 5.11 Å². The summed E-state index contributed by atoms with van der Waals surface area (Å²) in [5, 5.41) is 6.86. The van der Waals surface area contributed by atoms with E-state index in [1.807, 2.05) is 37.3 Å². The molecule has 2 rings (SSSR count). The summed E-state index contributed by atoms with van der Waals surface area (Å²) in [5.74, 6) is 1.69. The topological polar surface area (TPSA) is 46.2 Å². The number of nitrogens with one attached hydrogen (secondary N) is 2. The lowest BCUT2D eigenvalue weighted by molar-refractivity contribution is 0.409. The van der Waals surface area contributed by atoms with Crippen molar-refractivity contribution in [3.63, 3.8) is 0 Å². The summed E-state index contributed by atoms with van der Waals surface area (Å²) in [5.41, 5.74) is 2.22. The number of benzene rings is 1. The van der Waals surface area contributed by atoms with E-state index in [1.54, 1.807) is 13.3 Å². The van der Waals surface area contributed by atoms with Gasteiger partial charge in [-0.25, -0.2) is 4.98 Å². The number of aromatic nitrogens is 1. The number of nitrogens with zero attached hydrogens (tertiary/aromatic N) is 1. The van der Waals surface area contributed by atoms with Gasteiger partial charge >= 0.3 is 0 Å². The maximum absolute atomic E-state index is 5.33. The van der Waals surface area contributed by atoms with Crippen molar-refractivity contribution in [1.29, 1.82) is 0 Å². The van der Waals surface area contributed by atoms with Crippen LogP contribution in [0.2, 0.25) is 0 Å². The zero-order valence-corrected chi connectivity index (χ0v) is 13.0. The molecule has 1 heterocycles. The number of pyridine rings is 1. The summed E-state index contributed by atoms with van der Waals surface area (Å²) in [6.07, 6.45) is 2.58. The molecule has 2 N–H and O–H groups in total. The molecule has 0 aliphatic heterocycles. The molecule has 0 aliphatic carbocycles. The second kappa shape index (κ2) is 7.59. The van der Waals surface area contributed by atoms with Crippen molar-refractivity contribution >= 4 is 23.1 Å². The minimum atomic E-state index is 0.576. The van der Waals surface area contributed by atoms with Gasteiger partial charge in [0.2, 0.25) is 0 Å². The molecule has 2 aromatic rings. The van der Waals surface area contributed by atoms with Gasteiger partial charge in [-0.05, 0) is 48.8 Å². The molecule has 0 radical (unpaired) electrons. The maximum atomic E-state index is 5.33. The van der Waals surface area contributed by atoms with Crippen LogP contribution in [0.4, 0.5) is 5.82 Å². The van der Waals surface area contributed by atoms with E-state index >= 15 is 0 Å². The number of para-hydroxylation sites is 1. The molecule has 0 saturated carbocycles. The van der Waals surface area contributed by atoms with E-state index in [9.17, 15) is 0 Å². The van der Waals surface area contributed by atoms with Crippen molar-refractivity contribution in [2.45, 2.75) is 13.3 Å². The first-order valence-electron chi connectivity index (χ1n) is 6.79. The van der Waals surface area contributed by atoms with Gasteiger partial charge in [-0.3, -0.25) is 0 Å². The van der Waals surface area contributed by atoms with Crippen LogP contribution in [0.15, 0.2) is 42.6 Å². The van der Waals surface area contributed by atoms with Crippen LogP contribution in [0.5, 0.6) is 5.75 Å². The molecule has 0 fully saturated rings. The minimum Gasteiger partial charge on any atom is -0.496 e. The fraction of sp³-hybridized carbons (Fsp3) is 0.250. The van der Waals surface area contributed by atoms with Gasteiger partial charge in [0.05, 0.1) is 7.11 Å². The van der Waals surface area contributed by atoms with Crippen LogP contribution in [0, 0.1) is 6.92 Å². The monoisotopic (exact) mass is 301 g/mol. The lowest BCUT2D eigenvalue weighted by Crippen LogP contribution is -2.30. The van der Waals surface area contributed by atoms with Crippen LogP contribution in [0.3, 0.4) is 0 Å². The van der Waals surface area contributed by atoms with Crippen molar-refractivity contribution in [3.05, 3.63) is 53.7 Å². The molecule has 4 nitrogen and oxygen atoms in total. The Hall–Kier alpha value is -2.14. The van der Waals surface area contributed by atoms with Gasteiger partial charge < -0.3 is 15.4 Å². The molecule has 0 amide bonds. The summed E-state index contributed by atoms with van der Waals surface area (Å²) in [4.78, 5) is 4.25. The third-order valence-electron chi connectivity index (χ3n) is 3.11. The van der Waals surface area contributed by atoms with E-state index in [-0.39, 0.29) is 0 Å². The molecular weight excluding hydrogens is 282 g/mol. The predicted octanol–water partition coefficient (Wildman–Crippen LogP) is 2.93. The first kappa shape index (κ1) is 15.3. The van der Waals surface area contributed by atoms with Crippen LogP contribution >= 0.6 is 12.2 Å². The van der Waals surface area contributed by atoms with Crippen molar-refractivity contribution in [2.75, 3.05) is 19.0 Å². The molecule has 110 valence electrons. The number of ether oxygens (including phenoxy) is 1. The van der Waals surface area contributed by atoms with Crippen molar-refractivity contribution in [1.82, 2.24) is 10.3 Å². The standard InChI is InChI=1S/C16H19N3OS/c1-12-6-5-10-17-15(12)19-16(21)18-11-9-13-7-3-4-8-14(13)20-2/h3-8,10H,9,11H2,1-2H3,(H2,17,18,19,21). The second-order valence-electron chi connectivity index (χ2n) is 4.61. The fourth-order valence-corrected chi connectivity index (χ4v) is 2.19. The Kier molecular flexibility index (Phi) is 5.51. The highest BCUT2D eigenvalue weighted by Crippen LogP contribution is 2.17. The molecule has 5 heteroatoms. The van der Waals surface area contributed by atoms with E-state index in [1.165, 1.54) is 0 Å². The summed E-state index contributed by atoms with van der Waals surface area (Å²) in [6.45, 7) is 2.73. The number of hydrogen-bond donors (Lipinski definition) is 2. The smallest absolute Gasteiger partial charge is 0.171 e. The van der Waals surface area contributed by atoms with Crippen molar-refractivity contribution in [2.24, 2.45) is 0 Å². The zero-order chi connectivity index (χ0) is 15.1. The van der Waals surface area contributed by atoms with E-state index in [0.29, 0.717) is 5.11 Å². The first-order valence-corrected chi connectivity index (χ1v) is 7.20. The van der Waals surface area contributed by atoms with Gasteiger partial charge in [0.25, 0.3) is 0 Å². The number of anilines is 1. The van der Waals surface area contributed by atoms with E-state index in [0.717, 1.165) is 35.7 Å². The first-order chi connectivity index (χ1) is 10.2. The lowest BCUT2D eigenvalue weighted by atomic mass is 10.1. The Morgan fingerprint density at radius 2 is 2.05 bits per heavy atom. The maximum Gasteiger partial charge on any atom is 0.171 e. The Labute approximate surface area is 130 Å². The highest BCUT2D eigenvalue weighted by molar-refractivity contribution is 7.80. The third kappa shape index (κ3) is 4.43. The van der Waals surface area contributed by atoms with Gasteiger partial charge in [0, 0.05) is 12.7 Å². The van der Waals surface area contributed by atoms with Crippen LogP contribution in [-0.2, 0) is 6.42 Å². The molecule has 21 heavy (non-hydrogen) atoms. The minimum absolute atomic E-state index is 0.576. The van der Waals surface area contributed by atoms with E-state index in [4.69, 9.17) is 17.0 Å². The molecule has 0 atom stereocenters. The molecule has 0 bridgehead atoms. The normalized spacial score (nSPS) is 10.0. The van der Waals surface area contributed by atoms with E-state index in [2.05, 4.69) is 21.7 Å². The predicted molar refractivity (Wildman–Crippen MR) is 89.9 cm³/mol. The van der Waals surface area contributed by atoms with Gasteiger partial charge in [0.1, 0.15) is 11.6 Å². The van der Waals surface area contributed by atoms with Crippen molar-refractivity contribution in [3.8, 4) is 5.75 Å². The van der Waals surface area contributed by atoms with Crippen LogP contribution in [0.1, 0.15) is 11.1 Å². The molecule has 0 spiro atoms. The fourth-order valence-electron chi connectivity index (χ4n) is 1.99. The number of rotatable bonds is 5. The Balaban J connectivity index is 1.83. The summed E-state index contributed by atoms with van der Waals surface area (Å²) < 4.78 is 5.33. The number of thiocarbonyl (C=S) groups is 1. The largest absolute Gasteiger partial charge is 0.496 e. The third-order valence-corrected chi connectivity index (χ3v) is 3.36. The Morgan fingerprint density at radius 3 is 2.81 bits per heavy atom. The SMILES string of the molecule is COc1ccccc1CCNC(=S)Nc1ncccc1C. The zero-order valence-electron chi connectivity index (χ0n) is 12.2. The molecule has 1 aromatic carbocycles.